The molecule has 0 radical (unpaired) electrons. The van der Waals surface area contributed by atoms with E-state index >= 15 is 0 Å². The zero-order chi connectivity index (χ0) is 14.1. The summed E-state index contributed by atoms with van der Waals surface area (Å²) in [6.07, 6.45) is 0. The Balaban J connectivity index is 2.01. The van der Waals surface area contributed by atoms with Gasteiger partial charge in [-0.3, -0.25) is 0 Å². The Kier molecular flexibility index (Phi) is 3.34. The number of hydrogen-bond donors (Lipinski definition) is 1. The highest BCUT2D eigenvalue weighted by Gasteiger charge is 2.13. The summed E-state index contributed by atoms with van der Waals surface area (Å²) in [6.45, 7) is 0. The number of halogens is 2. The predicted octanol–water partition coefficient (Wildman–Crippen LogP) is 4.29. The Morgan fingerprint density at radius 3 is 2.40 bits per heavy atom. The first kappa shape index (κ1) is 13.0. The molecule has 0 aliphatic heterocycles. The number of nitrogen functional groups attached to an aromatic ring is 1. The van der Waals surface area contributed by atoms with Crippen LogP contribution in [-0.4, -0.2) is 10.1 Å². The first-order valence-electron chi connectivity index (χ1n) is 5.78. The second-order valence-corrected chi connectivity index (χ2v) is 5.03. The van der Waals surface area contributed by atoms with E-state index in [4.69, 9.17) is 33.5 Å². The van der Waals surface area contributed by atoms with Crippen LogP contribution in [0.4, 0.5) is 5.69 Å². The molecule has 20 heavy (non-hydrogen) atoms. The van der Waals surface area contributed by atoms with E-state index in [2.05, 4.69) is 10.1 Å². The highest BCUT2D eigenvalue weighted by molar-refractivity contribution is 6.31. The minimum absolute atomic E-state index is 0.329. The van der Waals surface area contributed by atoms with E-state index in [0.717, 1.165) is 5.56 Å². The van der Waals surface area contributed by atoms with Gasteiger partial charge in [-0.1, -0.05) is 28.4 Å². The topological polar surface area (TPSA) is 64.9 Å². The van der Waals surface area contributed by atoms with Gasteiger partial charge in [0.1, 0.15) is 0 Å². The van der Waals surface area contributed by atoms with Crippen molar-refractivity contribution in [2.75, 3.05) is 5.73 Å². The van der Waals surface area contributed by atoms with Crippen LogP contribution in [0.2, 0.25) is 10.0 Å². The zero-order valence-corrected chi connectivity index (χ0v) is 11.7. The van der Waals surface area contributed by atoms with Crippen molar-refractivity contribution >= 4 is 28.9 Å². The highest BCUT2D eigenvalue weighted by atomic mass is 35.5. The van der Waals surface area contributed by atoms with E-state index in [1.165, 1.54) is 0 Å². The highest BCUT2D eigenvalue weighted by Crippen LogP contribution is 2.29. The number of aromatic nitrogens is 2. The number of anilines is 1. The van der Waals surface area contributed by atoms with Crippen LogP contribution >= 0.6 is 23.2 Å². The van der Waals surface area contributed by atoms with Crippen LogP contribution in [0.5, 0.6) is 0 Å². The SMILES string of the molecule is Nc1ccc(Cl)cc1-c1nc(-c2ccc(Cl)cc2)no1. The van der Waals surface area contributed by atoms with E-state index in [9.17, 15) is 0 Å². The summed E-state index contributed by atoms with van der Waals surface area (Å²) in [6, 6.07) is 12.3. The second-order valence-electron chi connectivity index (χ2n) is 4.16. The fourth-order valence-electron chi connectivity index (χ4n) is 1.76. The van der Waals surface area contributed by atoms with Gasteiger partial charge in [-0.15, -0.1) is 0 Å². The normalized spacial score (nSPS) is 10.7. The maximum absolute atomic E-state index is 5.95. The number of rotatable bonds is 2. The summed E-state index contributed by atoms with van der Waals surface area (Å²) < 4.78 is 5.24. The summed E-state index contributed by atoms with van der Waals surface area (Å²) >= 11 is 11.8. The minimum atomic E-state index is 0.329. The van der Waals surface area contributed by atoms with Crippen molar-refractivity contribution in [3.8, 4) is 22.8 Å². The van der Waals surface area contributed by atoms with Gasteiger partial charge in [0.25, 0.3) is 5.89 Å². The first-order valence-corrected chi connectivity index (χ1v) is 6.54. The van der Waals surface area contributed by atoms with E-state index in [1.807, 2.05) is 12.1 Å². The monoisotopic (exact) mass is 305 g/mol. The molecule has 0 fully saturated rings. The lowest BCUT2D eigenvalue weighted by molar-refractivity contribution is 0.432. The Morgan fingerprint density at radius 1 is 0.950 bits per heavy atom. The molecule has 3 aromatic rings. The van der Waals surface area contributed by atoms with Crippen molar-refractivity contribution in [3.63, 3.8) is 0 Å². The molecule has 2 aromatic carbocycles. The number of nitrogens with two attached hydrogens (primary N) is 1. The van der Waals surface area contributed by atoms with E-state index in [0.29, 0.717) is 33.0 Å². The average Bonchev–Trinajstić information content (AvgIpc) is 2.92. The molecule has 0 aliphatic carbocycles. The van der Waals surface area contributed by atoms with Crippen LogP contribution in [0.3, 0.4) is 0 Å². The molecule has 2 N–H and O–H groups in total. The number of nitrogens with zero attached hydrogens (tertiary/aromatic N) is 2. The van der Waals surface area contributed by atoms with Gasteiger partial charge < -0.3 is 10.3 Å². The third-order valence-electron chi connectivity index (χ3n) is 2.77. The molecule has 0 bridgehead atoms. The molecule has 0 unspecified atom stereocenters. The van der Waals surface area contributed by atoms with Gasteiger partial charge in [-0.2, -0.15) is 4.98 Å². The smallest absolute Gasteiger partial charge is 0.260 e. The molecule has 0 atom stereocenters. The molecule has 1 aromatic heterocycles. The van der Waals surface area contributed by atoms with Gasteiger partial charge in [0.15, 0.2) is 0 Å². The van der Waals surface area contributed by atoms with Gasteiger partial charge in [0, 0.05) is 21.3 Å². The fourth-order valence-corrected chi connectivity index (χ4v) is 2.06. The van der Waals surface area contributed by atoms with Crippen LogP contribution in [0.25, 0.3) is 22.8 Å². The molecule has 3 rings (SSSR count). The van der Waals surface area contributed by atoms with E-state index in [-0.39, 0.29) is 0 Å². The number of hydrogen-bond acceptors (Lipinski definition) is 4. The molecular weight excluding hydrogens is 297 g/mol. The molecule has 0 saturated carbocycles. The molecule has 4 nitrogen and oxygen atoms in total. The van der Waals surface area contributed by atoms with Gasteiger partial charge in [0.05, 0.1) is 5.56 Å². The van der Waals surface area contributed by atoms with Crippen LogP contribution in [0, 0.1) is 0 Å². The molecule has 100 valence electrons. The maximum atomic E-state index is 5.95. The van der Waals surface area contributed by atoms with Crippen molar-refractivity contribution < 1.29 is 4.52 Å². The Morgan fingerprint density at radius 2 is 1.65 bits per heavy atom. The summed E-state index contributed by atoms with van der Waals surface area (Å²) in [7, 11) is 0. The minimum Gasteiger partial charge on any atom is -0.398 e. The third kappa shape index (κ3) is 2.48. The molecule has 1 heterocycles. The van der Waals surface area contributed by atoms with Gasteiger partial charge in [-0.05, 0) is 42.5 Å². The van der Waals surface area contributed by atoms with Gasteiger partial charge >= 0.3 is 0 Å². The van der Waals surface area contributed by atoms with Crippen molar-refractivity contribution in [2.24, 2.45) is 0 Å². The lowest BCUT2D eigenvalue weighted by Crippen LogP contribution is -1.90. The Bertz CT molecular complexity index is 753. The van der Waals surface area contributed by atoms with Crippen molar-refractivity contribution in [1.82, 2.24) is 10.1 Å². The van der Waals surface area contributed by atoms with Crippen molar-refractivity contribution in [1.29, 1.82) is 0 Å². The molecule has 0 aliphatic rings. The largest absolute Gasteiger partial charge is 0.398 e. The molecular formula is C14H9Cl2N3O. The fraction of sp³-hybridized carbons (Fsp3) is 0. The predicted molar refractivity (Wildman–Crippen MR) is 79.6 cm³/mol. The lowest BCUT2D eigenvalue weighted by atomic mass is 10.2. The summed E-state index contributed by atoms with van der Waals surface area (Å²) in [5.74, 6) is 0.797. The Hall–Kier alpha value is -2.04. The maximum Gasteiger partial charge on any atom is 0.260 e. The molecule has 6 heteroatoms. The average molecular weight is 306 g/mol. The van der Waals surface area contributed by atoms with Crippen molar-refractivity contribution in [2.45, 2.75) is 0 Å². The number of benzene rings is 2. The molecule has 0 spiro atoms. The summed E-state index contributed by atoms with van der Waals surface area (Å²) in [4.78, 5) is 4.32. The van der Waals surface area contributed by atoms with Gasteiger partial charge in [0.2, 0.25) is 5.82 Å². The van der Waals surface area contributed by atoms with E-state index < -0.39 is 0 Å². The van der Waals surface area contributed by atoms with Crippen LogP contribution in [0.15, 0.2) is 47.0 Å². The standard InChI is InChI=1S/C14H9Cl2N3O/c15-9-3-1-8(2-4-9)13-18-14(20-19-13)11-7-10(16)5-6-12(11)17/h1-7H,17H2. The third-order valence-corrected chi connectivity index (χ3v) is 3.26. The zero-order valence-electron chi connectivity index (χ0n) is 10.2. The quantitative estimate of drug-likeness (QED) is 0.717. The van der Waals surface area contributed by atoms with Crippen LogP contribution < -0.4 is 5.73 Å². The lowest BCUT2D eigenvalue weighted by Gasteiger charge is -2.00. The van der Waals surface area contributed by atoms with Crippen LogP contribution in [0.1, 0.15) is 0 Å². The second kappa shape index (κ2) is 5.15. The van der Waals surface area contributed by atoms with Crippen LogP contribution in [-0.2, 0) is 0 Å². The summed E-state index contributed by atoms with van der Waals surface area (Å²) in [5.41, 5.74) is 7.84. The first-order chi connectivity index (χ1) is 9.63. The van der Waals surface area contributed by atoms with E-state index in [1.54, 1.807) is 30.3 Å². The summed E-state index contributed by atoms with van der Waals surface area (Å²) in [5, 5.41) is 5.14. The molecule has 0 amide bonds. The van der Waals surface area contributed by atoms with Gasteiger partial charge in [-0.25, -0.2) is 0 Å². The Labute approximate surface area is 125 Å². The molecule has 0 saturated heterocycles. The van der Waals surface area contributed by atoms with Crippen molar-refractivity contribution in [3.05, 3.63) is 52.5 Å².